The number of nitrogens with two attached hydrogens (primary N) is 3. The van der Waals surface area contributed by atoms with E-state index >= 15 is 0 Å². The van der Waals surface area contributed by atoms with E-state index in [1.807, 2.05) is 6.92 Å². The summed E-state index contributed by atoms with van der Waals surface area (Å²) in [4.78, 5) is 20.3. The molecular weight excluding hydrogens is 408 g/mol. The number of benzene rings is 1. The van der Waals surface area contributed by atoms with Crippen LogP contribution in [0.25, 0.3) is 5.70 Å². The molecule has 1 aromatic heterocycles. The molecule has 0 aliphatic rings. The average Bonchev–Trinajstić information content (AvgIpc) is 2.68. The number of aromatic nitrogens is 1. The minimum Gasteiger partial charge on any atom is -0.478 e. The molecule has 0 saturated heterocycles. The Morgan fingerprint density at radius 3 is 2.33 bits per heavy atom. The quantitative estimate of drug-likeness (QED) is 0.260. The van der Waals surface area contributed by atoms with Gasteiger partial charge in [0.1, 0.15) is 11.4 Å². The summed E-state index contributed by atoms with van der Waals surface area (Å²) in [7, 11) is -3.41. The summed E-state index contributed by atoms with van der Waals surface area (Å²) >= 11 is 0. The van der Waals surface area contributed by atoms with Gasteiger partial charge in [0.2, 0.25) is 15.9 Å². The van der Waals surface area contributed by atoms with Gasteiger partial charge < -0.3 is 21.9 Å². The van der Waals surface area contributed by atoms with Gasteiger partial charge in [0.15, 0.2) is 5.82 Å². The van der Waals surface area contributed by atoms with Crippen LogP contribution < -0.4 is 26.7 Å². The third-order valence-corrected chi connectivity index (χ3v) is 5.16. The zero-order valence-electron chi connectivity index (χ0n) is 16.6. The van der Waals surface area contributed by atoms with Gasteiger partial charge in [-0.2, -0.15) is 4.98 Å². The fourth-order valence-corrected chi connectivity index (χ4v) is 3.02. The average molecular weight is 433 g/mol. The highest BCUT2D eigenvalue weighted by molar-refractivity contribution is 7.92. The number of anilines is 1. The van der Waals surface area contributed by atoms with Crippen molar-refractivity contribution in [1.82, 2.24) is 4.98 Å². The van der Waals surface area contributed by atoms with Crippen LogP contribution in [0.3, 0.4) is 0 Å². The van der Waals surface area contributed by atoms with Gasteiger partial charge in [-0.05, 0) is 37.6 Å². The van der Waals surface area contributed by atoms with Gasteiger partial charge in [-0.25, -0.2) is 13.4 Å². The van der Waals surface area contributed by atoms with Crippen molar-refractivity contribution >= 4 is 39.0 Å². The summed E-state index contributed by atoms with van der Waals surface area (Å²) in [6.45, 7) is 3.77. The second-order valence-electron chi connectivity index (χ2n) is 6.00. The van der Waals surface area contributed by atoms with Crippen molar-refractivity contribution in [2.75, 3.05) is 17.1 Å². The lowest BCUT2D eigenvalue weighted by atomic mass is 10.1. The van der Waals surface area contributed by atoms with E-state index < -0.39 is 15.9 Å². The smallest absolute Gasteiger partial charge is 0.254 e. The molecule has 2 rings (SSSR count). The lowest BCUT2D eigenvalue weighted by Crippen LogP contribution is -2.29. The van der Waals surface area contributed by atoms with Crippen molar-refractivity contribution in [3.8, 4) is 5.88 Å². The second-order valence-corrected chi connectivity index (χ2v) is 8.01. The maximum Gasteiger partial charge on any atom is 0.254 e. The molecule has 30 heavy (non-hydrogen) atoms. The van der Waals surface area contributed by atoms with Crippen molar-refractivity contribution < 1.29 is 17.9 Å². The van der Waals surface area contributed by atoms with Crippen LogP contribution in [-0.4, -0.2) is 37.5 Å². The summed E-state index contributed by atoms with van der Waals surface area (Å²) in [5.41, 5.74) is 18.1. The summed E-state index contributed by atoms with van der Waals surface area (Å²) < 4.78 is 31.0. The van der Waals surface area contributed by atoms with Gasteiger partial charge in [0, 0.05) is 11.8 Å². The minimum absolute atomic E-state index is 0.00499. The first-order valence-electron chi connectivity index (χ1n) is 9.01. The molecule has 0 aliphatic heterocycles. The largest absolute Gasteiger partial charge is 0.478 e. The van der Waals surface area contributed by atoms with Gasteiger partial charge >= 0.3 is 0 Å². The lowest BCUT2D eigenvalue weighted by Gasteiger charge is -2.11. The lowest BCUT2D eigenvalue weighted by molar-refractivity contribution is -0.114. The Morgan fingerprint density at radius 1 is 1.10 bits per heavy atom. The molecule has 0 unspecified atom stereocenters. The number of amides is 1. The maximum atomic E-state index is 12.0. The normalized spacial score (nSPS) is 12.8. The van der Waals surface area contributed by atoms with Crippen molar-refractivity contribution in [1.29, 1.82) is 0 Å². The van der Waals surface area contributed by atoms with Crippen molar-refractivity contribution in [3.63, 3.8) is 0 Å². The van der Waals surface area contributed by atoms with Crippen LogP contribution in [0.2, 0.25) is 0 Å². The number of primary amides is 1. The molecule has 11 heteroatoms. The first kappa shape index (κ1) is 22.7. The van der Waals surface area contributed by atoms with E-state index in [0.29, 0.717) is 23.7 Å². The predicted molar refractivity (Wildman–Crippen MR) is 117 cm³/mol. The van der Waals surface area contributed by atoms with E-state index in [4.69, 9.17) is 21.9 Å². The van der Waals surface area contributed by atoms with Crippen LogP contribution in [0.15, 0.2) is 53.0 Å². The Balaban J connectivity index is 2.39. The van der Waals surface area contributed by atoms with E-state index in [1.165, 1.54) is 31.2 Å². The fraction of sp³-hybridized carbons (Fsp3) is 0.211. The fourth-order valence-electron chi connectivity index (χ4n) is 2.38. The molecule has 2 aromatic rings. The van der Waals surface area contributed by atoms with E-state index in [1.54, 1.807) is 18.2 Å². The number of hydrogen-bond acceptors (Lipinski definition) is 7. The monoisotopic (exact) mass is 432 g/mol. The highest BCUT2D eigenvalue weighted by Crippen LogP contribution is 2.20. The number of pyridine rings is 1. The zero-order valence-corrected chi connectivity index (χ0v) is 17.4. The summed E-state index contributed by atoms with van der Waals surface area (Å²) in [5, 5.41) is 0. The van der Waals surface area contributed by atoms with Crippen LogP contribution in [0, 0.1) is 0 Å². The van der Waals surface area contributed by atoms with Crippen LogP contribution in [-0.2, 0) is 14.8 Å². The third kappa shape index (κ3) is 5.95. The molecule has 0 aliphatic carbocycles. The number of carbonyl (C=O) groups is 1. The van der Waals surface area contributed by atoms with Crippen molar-refractivity contribution in [3.05, 3.63) is 53.6 Å². The van der Waals surface area contributed by atoms with Crippen LogP contribution in [0.1, 0.15) is 19.4 Å². The minimum atomic E-state index is -3.41. The predicted octanol–water partition coefficient (Wildman–Crippen LogP) is 1.09. The van der Waals surface area contributed by atoms with Gasteiger partial charge in [-0.3, -0.25) is 9.52 Å². The number of sulfonamides is 1. The third-order valence-electron chi connectivity index (χ3n) is 3.86. The Morgan fingerprint density at radius 2 is 1.77 bits per heavy atom. The molecule has 0 radical (unpaired) electrons. The Kier molecular flexibility index (Phi) is 7.37. The van der Waals surface area contributed by atoms with E-state index in [-0.39, 0.29) is 28.7 Å². The SMILES string of the molecule is CCOc1cccc(N=C(N)C(C(N)=O)=C(N)c2ccc(NS(=O)(=O)CC)cc2)n1. The van der Waals surface area contributed by atoms with Crippen LogP contribution in [0.5, 0.6) is 5.88 Å². The molecule has 0 saturated carbocycles. The second kappa shape index (κ2) is 9.74. The highest BCUT2D eigenvalue weighted by Gasteiger charge is 2.17. The zero-order chi connectivity index (χ0) is 22.3. The Hall–Kier alpha value is -3.60. The number of hydrogen-bond donors (Lipinski definition) is 4. The number of amidine groups is 1. The van der Waals surface area contributed by atoms with Crippen LogP contribution >= 0.6 is 0 Å². The Bertz CT molecular complexity index is 1080. The van der Waals surface area contributed by atoms with Gasteiger partial charge in [-0.1, -0.05) is 18.2 Å². The van der Waals surface area contributed by atoms with E-state index in [0.717, 1.165) is 0 Å². The Labute approximate surface area is 174 Å². The molecule has 1 heterocycles. The number of rotatable bonds is 9. The van der Waals surface area contributed by atoms with Crippen molar-refractivity contribution in [2.24, 2.45) is 22.2 Å². The number of carbonyl (C=O) groups excluding carboxylic acids is 1. The summed E-state index contributed by atoms with van der Waals surface area (Å²) in [5.74, 6) is -0.570. The number of nitrogens with one attached hydrogen (secondary N) is 1. The van der Waals surface area contributed by atoms with E-state index in [9.17, 15) is 13.2 Å². The number of aliphatic imine (C=N–C) groups is 1. The van der Waals surface area contributed by atoms with Crippen LogP contribution in [0.4, 0.5) is 11.5 Å². The standard InChI is InChI=1S/C19H24N6O4S/c1-3-29-15-7-5-6-14(23-15)24-18(21)16(19(22)26)17(20)12-8-10-13(11-9-12)25-30(27,28)4-2/h5-11,25H,3-4,20H2,1-2H3,(H2,22,26)(H2,21,23,24). The first-order chi connectivity index (χ1) is 14.2. The van der Waals surface area contributed by atoms with E-state index in [2.05, 4.69) is 14.7 Å². The molecule has 1 aromatic carbocycles. The molecule has 160 valence electrons. The topological polar surface area (TPSA) is 176 Å². The maximum absolute atomic E-state index is 12.0. The van der Waals surface area contributed by atoms with Gasteiger partial charge in [0.25, 0.3) is 5.91 Å². The number of ether oxygens (including phenoxy) is 1. The molecule has 10 nitrogen and oxygen atoms in total. The van der Waals surface area contributed by atoms with Crippen molar-refractivity contribution in [2.45, 2.75) is 13.8 Å². The summed E-state index contributed by atoms with van der Waals surface area (Å²) in [6, 6.07) is 11.0. The highest BCUT2D eigenvalue weighted by atomic mass is 32.2. The first-order valence-corrected chi connectivity index (χ1v) is 10.7. The molecule has 0 bridgehead atoms. The van der Waals surface area contributed by atoms with Gasteiger partial charge in [0.05, 0.1) is 18.1 Å². The molecule has 7 N–H and O–H groups in total. The molecular formula is C19H24N6O4S. The van der Waals surface area contributed by atoms with Gasteiger partial charge in [-0.15, -0.1) is 0 Å². The number of nitrogens with zero attached hydrogens (tertiary/aromatic N) is 2. The molecule has 0 spiro atoms. The molecule has 0 fully saturated rings. The molecule has 0 atom stereocenters. The summed E-state index contributed by atoms with van der Waals surface area (Å²) in [6.07, 6.45) is 0. The molecule has 1 amide bonds.